The van der Waals surface area contributed by atoms with Crippen LogP contribution in [0.5, 0.6) is 0 Å². The molecule has 0 spiro atoms. The molecule has 0 radical (unpaired) electrons. The fraction of sp³-hybridized carbons (Fsp3) is 0. The van der Waals surface area contributed by atoms with Gasteiger partial charge in [0.1, 0.15) is 5.69 Å². The van der Waals surface area contributed by atoms with Crippen LogP contribution in [-0.4, -0.2) is 16.1 Å². The highest BCUT2D eigenvalue weighted by Gasteiger charge is 2.14. The van der Waals surface area contributed by atoms with E-state index in [-0.39, 0.29) is 5.69 Å². The van der Waals surface area contributed by atoms with Crippen molar-refractivity contribution in [3.05, 3.63) is 64.3 Å². The van der Waals surface area contributed by atoms with Crippen LogP contribution in [0.25, 0.3) is 22.0 Å². The van der Waals surface area contributed by atoms with Gasteiger partial charge in [0.25, 0.3) is 0 Å². The lowest BCUT2D eigenvalue weighted by molar-refractivity contribution is 0.0691. The number of aromatic carboxylic acids is 1. The number of nitrogens with zero attached hydrogens (tertiary/aromatic N) is 1. The van der Waals surface area contributed by atoms with E-state index in [0.29, 0.717) is 21.3 Å². The number of hydrogen-bond donors (Lipinski definition) is 1. The molecule has 0 aliphatic rings. The summed E-state index contributed by atoms with van der Waals surface area (Å²) in [6, 6.07) is 13.9. The zero-order chi connectivity index (χ0) is 15.0. The van der Waals surface area contributed by atoms with Gasteiger partial charge in [-0.25, -0.2) is 9.78 Å². The number of pyridine rings is 1. The van der Waals surface area contributed by atoms with Gasteiger partial charge in [-0.2, -0.15) is 0 Å². The fourth-order valence-electron chi connectivity index (χ4n) is 2.19. The average Bonchev–Trinajstić information content (AvgIpc) is 2.47. The highest BCUT2D eigenvalue weighted by molar-refractivity contribution is 6.34. The van der Waals surface area contributed by atoms with E-state index in [1.165, 1.54) is 6.07 Å². The van der Waals surface area contributed by atoms with Crippen molar-refractivity contribution in [2.75, 3.05) is 0 Å². The van der Waals surface area contributed by atoms with E-state index in [9.17, 15) is 9.90 Å². The molecule has 1 aromatic heterocycles. The summed E-state index contributed by atoms with van der Waals surface area (Å²) in [4.78, 5) is 15.5. The van der Waals surface area contributed by atoms with Crippen molar-refractivity contribution in [2.24, 2.45) is 0 Å². The van der Waals surface area contributed by atoms with Crippen LogP contribution in [0.1, 0.15) is 10.5 Å². The summed E-state index contributed by atoms with van der Waals surface area (Å²) in [5, 5.41) is 11.8. The van der Waals surface area contributed by atoms with Gasteiger partial charge in [0.15, 0.2) is 0 Å². The fourth-order valence-corrected chi connectivity index (χ4v) is 2.59. The molecule has 3 aromatic rings. The van der Waals surface area contributed by atoms with Gasteiger partial charge in [-0.05, 0) is 29.7 Å². The number of carbonyl (C=O) groups is 1. The Labute approximate surface area is 130 Å². The highest BCUT2D eigenvalue weighted by Crippen LogP contribution is 2.33. The number of hydrogen-bond acceptors (Lipinski definition) is 2. The predicted octanol–water partition coefficient (Wildman–Crippen LogP) is 4.91. The van der Waals surface area contributed by atoms with E-state index in [1.54, 1.807) is 30.3 Å². The average molecular weight is 318 g/mol. The van der Waals surface area contributed by atoms with Gasteiger partial charge in [0.05, 0.1) is 5.69 Å². The Morgan fingerprint density at radius 2 is 1.81 bits per heavy atom. The van der Waals surface area contributed by atoms with Crippen LogP contribution in [0.15, 0.2) is 48.5 Å². The molecule has 21 heavy (non-hydrogen) atoms. The first kappa shape index (κ1) is 13.9. The molecule has 0 fully saturated rings. The SMILES string of the molecule is O=C(O)c1cc2ccc(Cl)cc2c(-c2ccccc2Cl)n1. The normalized spacial score (nSPS) is 10.8. The van der Waals surface area contributed by atoms with Gasteiger partial charge in [0, 0.05) is 21.0 Å². The number of rotatable bonds is 2. The molecule has 0 amide bonds. The second kappa shape index (κ2) is 5.35. The van der Waals surface area contributed by atoms with Crippen LogP contribution in [0.3, 0.4) is 0 Å². The Balaban J connectivity index is 2.41. The zero-order valence-corrected chi connectivity index (χ0v) is 12.2. The first-order chi connectivity index (χ1) is 10.1. The minimum Gasteiger partial charge on any atom is -0.477 e. The smallest absolute Gasteiger partial charge is 0.354 e. The molecule has 0 aliphatic heterocycles. The first-order valence-corrected chi connectivity index (χ1v) is 6.90. The molecule has 3 rings (SSSR count). The van der Waals surface area contributed by atoms with Crippen molar-refractivity contribution in [1.29, 1.82) is 0 Å². The number of carboxylic acid groups (broad SMARTS) is 1. The molecule has 0 saturated carbocycles. The zero-order valence-electron chi connectivity index (χ0n) is 10.7. The molecule has 2 aromatic carbocycles. The molecule has 0 bridgehead atoms. The predicted molar refractivity (Wildman–Crippen MR) is 84.2 cm³/mol. The van der Waals surface area contributed by atoms with Gasteiger partial charge in [-0.1, -0.05) is 47.5 Å². The molecule has 1 N–H and O–H groups in total. The Morgan fingerprint density at radius 1 is 1.05 bits per heavy atom. The van der Waals surface area contributed by atoms with Crippen molar-refractivity contribution in [1.82, 2.24) is 4.98 Å². The van der Waals surface area contributed by atoms with Crippen molar-refractivity contribution in [2.45, 2.75) is 0 Å². The molecule has 104 valence electrons. The summed E-state index contributed by atoms with van der Waals surface area (Å²) < 4.78 is 0. The summed E-state index contributed by atoms with van der Waals surface area (Å²) >= 11 is 12.3. The minimum absolute atomic E-state index is 0.0280. The summed E-state index contributed by atoms with van der Waals surface area (Å²) in [6.45, 7) is 0. The number of aromatic nitrogens is 1. The monoisotopic (exact) mass is 317 g/mol. The van der Waals surface area contributed by atoms with E-state index in [2.05, 4.69) is 4.98 Å². The first-order valence-electron chi connectivity index (χ1n) is 6.15. The summed E-state index contributed by atoms with van der Waals surface area (Å²) in [6.07, 6.45) is 0. The molecule has 3 nitrogen and oxygen atoms in total. The standard InChI is InChI=1S/C16H9Cl2NO2/c17-10-6-5-9-7-14(16(20)21)19-15(12(9)8-10)11-3-1-2-4-13(11)18/h1-8H,(H,20,21). The topological polar surface area (TPSA) is 50.2 Å². The second-order valence-corrected chi connectivity index (χ2v) is 5.35. The van der Waals surface area contributed by atoms with Crippen LogP contribution in [0.4, 0.5) is 0 Å². The highest BCUT2D eigenvalue weighted by atomic mass is 35.5. The summed E-state index contributed by atoms with van der Waals surface area (Å²) in [5.41, 5.74) is 1.16. The van der Waals surface area contributed by atoms with Gasteiger partial charge in [0.2, 0.25) is 0 Å². The number of carboxylic acids is 1. The Kier molecular flexibility index (Phi) is 3.53. The van der Waals surface area contributed by atoms with E-state index in [4.69, 9.17) is 23.2 Å². The third-order valence-electron chi connectivity index (χ3n) is 3.14. The molecule has 0 atom stereocenters. The van der Waals surface area contributed by atoms with Crippen molar-refractivity contribution < 1.29 is 9.90 Å². The Hall–Kier alpha value is -2.10. The summed E-state index contributed by atoms with van der Waals surface area (Å²) in [7, 11) is 0. The van der Waals surface area contributed by atoms with E-state index in [1.807, 2.05) is 12.1 Å². The van der Waals surface area contributed by atoms with E-state index >= 15 is 0 Å². The molecule has 5 heteroatoms. The molecular formula is C16H9Cl2NO2. The minimum atomic E-state index is -1.08. The quantitative estimate of drug-likeness (QED) is 0.730. The molecular weight excluding hydrogens is 309 g/mol. The largest absolute Gasteiger partial charge is 0.477 e. The van der Waals surface area contributed by atoms with Crippen LogP contribution in [0, 0.1) is 0 Å². The lowest BCUT2D eigenvalue weighted by Crippen LogP contribution is -2.02. The van der Waals surface area contributed by atoms with Gasteiger partial charge >= 0.3 is 5.97 Å². The van der Waals surface area contributed by atoms with Crippen molar-refractivity contribution in [3.8, 4) is 11.3 Å². The van der Waals surface area contributed by atoms with Crippen LogP contribution >= 0.6 is 23.2 Å². The van der Waals surface area contributed by atoms with Crippen molar-refractivity contribution in [3.63, 3.8) is 0 Å². The van der Waals surface area contributed by atoms with E-state index in [0.717, 1.165) is 10.8 Å². The van der Waals surface area contributed by atoms with Gasteiger partial charge < -0.3 is 5.11 Å². The van der Waals surface area contributed by atoms with Gasteiger partial charge in [-0.3, -0.25) is 0 Å². The number of halogens is 2. The maximum atomic E-state index is 11.3. The van der Waals surface area contributed by atoms with Crippen LogP contribution in [-0.2, 0) is 0 Å². The maximum absolute atomic E-state index is 11.3. The van der Waals surface area contributed by atoms with Gasteiger partial charge in [-0.15, -0.1) is 0 Å². The van der Waals surface area contributed by atoms with E-state index < -0.39 is 5.97 Å². The third-order valence-corrected chi connectivity index (χ3v) is 3.71. The summed E-state index contributed by atoms with van der Waals surface area (Å²) in [5.74, 6) is -1.08. The van der Waals surface area contributed by atoms with Crippen LogP contribution < -0.4 is 0 Å². The van der Waals surface area contributed by atoms with Crippen molar-refractivity contribution >= 4 is 39.9 Å². The Morgan fingerprint density at radius 3 is 2.52 bits per heavy atom. The number of benzene rings is 2. The third kappa shape index (κ3) is 2.58. The molecule has 1 heterocycles. The Bertz CT molecular complexity index is 862. The molecule has 0 unspecified atom stereocenters. The second-order valence-electron chi connectivity index (χ2n) is 4.51. The molecule has 0 saturated heterocycles. The van der Waals surface area contributed by atoms with Crippen LogP contribution in [0.2, 0.25) is 10.0 Å². The molecule has 0 aliphatic carbocycles. The maximum Gasteiger partial charge on any atom is 0.354 e. The number of fused-ring (bicyclic) bond motifs is 1. The lowest BCUT2D eigenvalue weighted by Gasteiger charge is -2.09. The lowest BCUT2D eigenvalue weighted by atomic mass is 10.0.